The molecule has 1 atom stereocenters. The highest BCUT2D eigenvalue weighted by molar-refractivity contribution is 9.10. The largest absolute Gasteiger partial charge is 0.489 e. The number of nitrogens with zero attached hydrogens (tertiary/aromatic N) is 2. The second-order valence-electron chi connectivity index (χ2n) is 8.76. The minimum Gasteiger partial charge on any atom is -0.489 e. The van der Waals surface area contributed by atoms with Crippen LogP contribution in [0.4, 0.5) is 0 Å². The van der Waals surface area contributed by atoms with Crippen LogP contribution in [-0.2, 0) is 9.53 Å². The first-order valence-corrected chi connectivity index (χ1v) is 14.5. The van der Waals surface area contributed by atoms with Crippen molar-refractivity contribution in [2.24, 2.45) is 4.99 Å². The van der Waals surface area contributed by atoms with Crippen LogP contribution in [0.2, 0.25) is 5.02 Å². The van der Waals surface area contributed by atoms with Gasteiger partial charge in [-0.3, -0.25) is 9.36 Å². The van der Waals surface area contributed by atoms with Crippen LogP contribution in [0.15, 0.2) is 105 Å². The van der Waals surface area contributed by atoms with E-state index >= 15 is 0 Å². The number of carbonyl (C=O) groups excluding carboxylic acids is 1. The molecule has 202 valence electrons. The average molecular weight is 636 g/mol. The number of rotatable bonds is 8. The number of ether oxygens (including phenoxy) is 2. The predicted octanol–water partition coefficient (Wildman–Crippen LogP) is 5.92. The Bertz CT molecular complexity index is 1790. The van der Waals surface area contributed by atoms with Gasteiger partial charge in [0.05, 0.1) is 28.5 Å². The van der Waals surface area contributed by atoms with Gasteiger partial charge < -0.3 is 9.47 Å². The van der Waals surface area contributed by atoms with E-state index in [1.807, 2.05) is 60.7 Å². The molecule has 0 fully saturated rings. The molecular weight excluding hydrogens is 612 g/mol. The van der Waals surface area contributed by atoms with E-state index in [4.69, 9.17) is 26.1 Å². The highest BCUT2D eigenvalue weighted by atomic mass is 79.9. The maximum Gasteiger partial charge on any atom is 0.338 e. The van der Waals surface area contributed by atoms with E-state index in [2.05, 4.69) is 22.5 Å². The summed E-state index contributed by atoms with van der Waals surface area (Å²) in [5, 5.41) is 0.544. The lowest BCUT2D eigenvalue weighted by Crippen LogP contribution is -2.40. The molecule has 0 N–H and O–H groups in total. The van der Waals surface area contributed by atoms with Crippen LogP contribution < -0.4 is 19.6 Å². The number of benzene rings is 3. The molecule has 0 saturated heterocycles. The van der Waals surface area contributed by atoms with Crippen molar-refractivity contribution in [2.45, 2.75) is 13.0 Å². The van der Waals surface area contributed by atoms with E-state index < -0.39 is 12.0 Å². The molecule has 0 amide bonds. The fraction of sp³-hybridized carbons (Fsp3) is 0.129. The van der Waals surface area contributed by atoms with Gasteiger partial charge in [-0.2, -0.15) is 0 Å². The Kier molecular flexibility index (Phi) is 8.49. The van der Waals surface area contributed by atoms with Gasteiger partial charge >= 0.3 is 5.97 Å². The third-order valence-corrected chi connectivity index (χ3v) is 7.90. The topological polar surface area (TPSA) is 69.9 Å². The number of aromatic nitrogens is 1. The molecule has 0 saturated carbocycles. The van der Waals surface area contributed by atoms with Gasteiger partial charge in [0.1, 0.15) is 12.4 Å². The summed E-state index contributed by atoms with van der Waals surface area (Å²) in [5.74, 6) is 0.0757. The lowest BCUT2D eigenvalue weighted by Gasteiger charge is -2.25. The molecule has 1 aliphatic rings. The zero-order chi connectivity index (χ0) is 28.2. The van der Waals surface area contributed by atoms with Crippen molar-refractivity contribution in [1.82, 2.24) is 4.57 Å². The number of thiazole rings is 1. The Morgan fingerprint density at radius 1 is 1.15 bits per heavy atom. The van der Waals surface area contributed by atoms with Crippen molar-refractivity contribution in [3.8, 4) is 5.75 Å². The highest BCUT2D eigenvalue weighted by Crippen LogP contribution is 2.35. The molecular formula is C31H24BrClN2O4S. The summed E-state index contributed by atoms with van der Waals surface area (Å²) >= 11 is 11.0. The van der Waals surface area contributed by atoms with Gasteiger partial charge in [0.25, 0.3) is 5.56 Å². The van der Waals surface area contributed by atoms with E-state index in [0.29, 0.717) is 38.0 Å². The molecule has 3 aromatic carbocycles. The summed E-state index contributed by atoms with van der Waals surface area (Å²) in [6.45, 7) is 5.96. The molecule has 6 nitrogen and oxygen atoms in total. The summed E-state index contributed by atoms with van der Waals surface area (Å²) in [7, 11) is 0. The van der Waals surface area contributed by atoms with Gasteiger partial charge in [-0.05, 0) is 48.9 Å². The van der Waals surface area contributed by atoms with Crippen LogP contribution in [0, 0.1) is 0 Å². The fourth-order valence-corrected chi connectivity index (χ4v) is 5.95. The molecule has 1 aromatic heterocycles. The standard InChI is InChI=1S/C31H24BrClN2O4S/c1-3-16-39-24-15-12-22(32)17-21(24)18-25-29(36)35-28(20-10-13-23(33)14-11-20)26(30(37)38-4-2)27(34-31(35)40-25)19-8-6-5-7-9-19/h3,5-15,17-18,28H,1,4,16H2,2H3/b25-18-/t28-/m0/s1. The van der Waals surface area contributed by atoms with Crippen molar-refractivity contribution in [2.75, 3.05) is 13.2 Å². The van der Waals surface area contributed by atoms with Crippen LogP contribution in [-0.4, -0.2) is 23.8 Å². The molecule has 0 spiro atoms. The Balaban J connectivity index is 1.81. The smallest absolute Gasteiger partial charge is 0.338 e. The Morgan fingerprint density at radius 2 is 1.90 bits per heavy atom. The van der Waals surface area contributed by atoms with E-state index in [-0.39, 0.29) is 17.7 Å². The van der Waals surface area contributed by atoms with Crippen molar-refractivity contribution in [3.05, 3.63) is 137 Å². The Hall–Kier alpha value is -3.72. The molecule has 0 unspecified atom stereocenters. The van der Waals surface area contributed by atoms with Gasteiger partial charge in [0.2, 0.25) is 0 Å². The minimum atomic E-state index is -0.774. The van der Waals surface area contributed by atoms with Crippen molar-refractivity contribution in [3.63, 3.8) is 0 Å². The zero-order valence-electron chi connectivity index (χ0n) is 21.5. The van der Waals surface area contributed by atoms with E-state index in [1.54, 1.807) is 35.8 Å². The van der Waals surface area contributed by atoms with E-state index in [9.17, 15) is 9.59 Å². The van der Waals surface area contributed by atoms with Crippen molar-refractivity contribution >= 4 is 56.6 Å². The molecule has 0 aliphatic carbocycles. The maximum atomic E-state index is 14.1. The first kappa shape index (κ1) is 27.8. The summed E-state index contributed by atoms with van der Waals surface area (Å²) in [6.07, 6.45) is 3.44. The van der Waals surface area contributed by atoms with E-state index in [0.717, 1.165) is 15.6 Å². The molecule has 5 rings (SSSR count). The second-order valence-corrected chi connectivity index (χ2v) is 11.1. The number of fused-ring (bicyclic) bond motifs is 1. The predicted molar refractivity (Wildman–Crippen MR) is 162 cm³/mol. The number of hydrogen-bond acceptors (Lipinski definition) is 6. The lowest BCUT2D eigenvalue weighted by molar-refractivity contribution is -0.138. The molecule has 9 heteroatoms. The van der Waals surface area contributed by atoms with Gasteiger partial charge in [-0.15, -0.1) is 0 Å². The monoisotopic (exact) mass is 634 g/mol. The maximum absolute atomic E-state index is 14.1. The summed E-state index contributed by atoms with van der Waals surface area (Å²) in [4.78, 5) is 32.9. The van der Waals surface area contributed by atoms with Crippen LogP contribution in [0.3, 0.4) is 0 Å². The molecule has 4 aromatic rings. The van der Waals surface area contributed by atoms with Gasteiger partial charge in [-0.25, -0.2) is 9.79 Å². The first-order chi connectivity index (χ1) is 19.4. The summed E-state index contributed by atoms with van der Waals surface area (Å²) in [6, 6.07) is 21.3. The molecule has 0 radical (unpaired) electrons. The van der Waals surface area contributed by atoms with Gasteiger partial charge in [-0.1, -0.05) is 94.0 Å². The number of carbonyl (C=O) groups is 1. The molecule has 40 heavy (non-hydrogen) atoms. The van der Waals surface area contributed by atoms with Crippen LogP contribution >= 0.6 is 38.9 Å². The van der Waals surface area contributed by atoms with E-state index in [1.165, 1.54) is 11.3 Å². The summed E-state index contributed by atoms with van der Waals surface area (Å²) < 4.78 is 14.2. The number of halogens is 2. The normalized spacial score (nSPS) is 14.9. The van der Waals surface area contributed by atoms with Crippen LogP contribution in [0.5, 0.6) is 5.75 Å². The summed E-state index contributed by atoms with van der Waals surface area (Å²) in [5.41, 5.74) is 2.64. The van der Waals surface area contributed by atoms with Crippen LogP contribution in [0.1, 0.15) is 29.7 Å². The SMILES string of the molecule is C=CCOc1ccc(Br)cc1/C=c1\sc2n(c1=O)[C@@H](c1ccc(Cl)cc1)C(C(=O)OCC)=C(c1ccccc1)N=2. The molecule has 0 bridgehead atoms. The number of hydrogen-bond donors (Lipinski definition) is 0. The minimum absolute atomic E-state index is 0.179. The van der Waals surface area contributed by atoms with Crippen molar-refractivity contribution in [1.29, 1.82) is 0 Å². The second kappa shape index (κ2) is 12.2. The third kappa shape index (κ3) is 5.61. The number of esters is 1. The third-order valence-electron chi connectivity index (χ3n) is 6.17. The first-order valence-electron chi connectivity index (χ1n) is 12.5. The van der Waals surface area contributed by atoms with Gasteiger partial charge in [0.15, 0.2) is 4.80 Å². The fourth-order valence-electron chi connectivity index (χ4n) is 4.45. The average Bonchev–Trinajstić information content (AvgIpc) is 3.27. The zero-order valence-corrected chi connectivity index (χ0v) is 24.6. The Morgan fingerprint density at radius 3 is 2.60 bits per heavy atom. The van der Waals surface area contributed by atoms with Crippen molar-refractivity contribution < 1.29 is 14.3 Å². The van der Waals surface area contributed by atoms with Gasteiger partial charge in [0, 0.05) is 20.6 Å². The quantitative estimate of drug-likeness (QED) is 0.178. The molecule has 1 aliphatic heterocycles. The Labute approximate surface area is 248 Å². The van der Waals surface area contributed by atoms with Crippen LogP contribution in [0.25, 0.3) is 11.8 Å². The highest BCUT2D eigenvalue weighted by Gasteiger charge is 2.35. The molecule has 2 heterocycles. The lowest BCUT2D eigenvalue weighted by atomic mass is 9.93.